The number of rotatable bonds is 12. The Morgan fingerprint density at radius 2 is 1.21 bits per heavy atom. The molecule has 0 saturated carbocycles. The molecule has 19 heavy (non-hydrogen) atoms. The zero-order valence-corrected chi connectivity index (χ0v) is 17.0. The molecule has 2 unspecified atom stereocenters. The number of hydrogen-bond donors (Lipinski definition) is 2. The summed E-state index contributed by atoms with van der Waals surface area (Å²) in [5, 5.41) is 4.18. The van der Waals surface area contributed by atoms with Gasteiger partial charge in [0.25, 0.3) is 0 Å². The van der Waals surface area contributed by atoms with Gasteiger partial charge in [-0.25, -0.2) is 0 Å². The van der Waals surface area contributed by atoms with E-state index in [1.165, 1.54) is 36.2 Å². The molecule has 0 aromatic carbocycles. The van der Waals surface area contributed by atoms with Gasteiger partial charge in [0.2, 0.25) is 0 Å². The molecule has 4 N–H and O–H groups in total. The minimum atomic E-state index is -1.91. The van der Waals surface area contributed by atoms with E-state index in [1.807, 2.05) is 0 Å². The van der Waals surface area contributed by atoms with E-state index < -0.39 is 11.0 Å². The average molecular weight is 367 g/mol. The molecule has 0 spiro atoms. The molecule has 2 nitrogen and oxygen atoms in total. The first-order chi connectivity index (χ1) is 9.03. The van der Waals surface area contributed by atoms with Gasteiger partial charge in [-0.1, -0.05) is 0 Å². The Morgan fingerprint density at radius 3 is 1.47 bits per heavy atom. The van der Waals surface area contributed by atoms with Crippen molar-refractivity contribution in [3.63, 3.8) is 0 Å². The second-order valence-electron chi connectivity index (χ2n) is 5.45. The molecule has 116 valence electrons. The van der Waals surface area contributed by atoms with Gasteiger partial charge in [-0.2, -0.15) is 0 Å². The fraction of sp³-hybridized carbons (Fsp3) is 1.00. The van der Waals surface area contributed by atoms with E-state index in [4.69, 9.17) is 11.5 Å². The molecular formula is C14H34GeN2S2. The van der Waals surface area contributed by atoms with E-state index >= 15 is 0 Å². The molecule has 0 aliphatic heterocycles. The summed E-state index contributed by atoms with van der Waals surface area (Å²) in [6.07, 6.45) is 5.40. The van der Waals surface area contributed by atoms with E-state index in [9.17, 15) is 0 Å². The predicted molar refractivity (Wildman–Crippen MR) is 97.4 cm³/mol. The van der Waals surface area contributed by atoms with E-state index in [0.29, 0.717) is 10.5 Å². The Kier molecular flexibility index (Phi) is 12.5. The van der Waals surface area contributed by atoms with Crippen molar-refractivity contribution in [2.75, 3.05) is 13.1 Å². The monoisotopic (exact) mass is 368 g/mol. The van der Waals surface area contributed by atoms with Crippen LogP contribution in [0.1, 0.15) is 53.4 Å². The third-order valence-corrected chi connectivity index (χ3v) is 27.8. The van der Waals surface area contributed by atoms with Crippen LogP contribution in [0, 0.1) is 0 Å². The van der Waals surface area contributed by atoms with Crippen molar-refractivity contribution in [2.24, 2.45) is 11.5 Å². The molecule has 2 atom stereocenters. The van der Waals surface area contributed by atoms with Crippen LogP contribution in [-0.2, 0) is 0 Å². The van der Waals surface area contributed by atoms with E-state index in [0.717, 1.165) is 13.1 Å². The summed E-state index contributed by atoms with van der Waals surface area (Å²) in [4.78, 5) is 0. The van der Waals surface area contributed by atoms with E-state index in [1.54, 1.807) is 0 Å². The summed E-state index contributed by atoms with van der Waals surface area (Å²) in [6.45, 7) is 10.8. The van der Waals surface area contributed by atoms with Crippen LogP contribution in [0.3, 0.4) is 0 Å². The molecule has 0 aliphatic rings. The van der Waals surface area contributed by atoms with Crippen molar-refractivity contribution >= 4 is 31.2 Å². The van der Waals surface area contributed by atoms with Crippen LogP contribution in [-0.4, -0.2) is 34.6 Å². The molecule has 0 aliphatic carbocycles. The molecule has 0 aromatic rings. The number of nitrogens with two attached hydrogens (primary N) is 2. The first-order valence-electron chi connectivity index (χ1n) is 7.79. The fourth-order valence-electron chi connectivity index (χ4n) is 2.11. The molecule has 0 heterocycles. The molecule has 5 heteroatoms. The minimum absolute atomic E-state index is 0.617. The van der Waals surface area contributed by atoms with Gasteiger partial charge in [-0.05, 0) is 0 Å². The zero-order valence-electron chi connectivity index (χ0n) is 13.3. The fourth-order valence-corrected chi connectivity index (χ4v) is 31.3. The summed E-state index contributed by atoms with van der Waals surface area (Å²) >= 11 is 0. The summed E-state index contributed by atoms with van der Waals surface area (Å²) in [5.41, 5.74) is 11.8. The van der Waals surface area contributed by atoms with Gasteiger partial charge in [0.05, 0.1) is 0 Å². The quantitative estimate of drug-likeness (QED) is 0.508. The second-order valence-corrected chi connectivity index (χ2v) is 25.9. The Bertz CT molecular complexity index is 196. The normalized spacial score (nSPS) is 15.5. The molecule has 0 fully saturated rings. The van der Waals surface area contributed by atoms with Gasteiger partial charge in [-0.3, -0.25) is 0 Å². The van der Waals surface area contributed by atoms with Crippen LogP contribution in [0.2, 0.25) is 10.5 Å². The average Bonchev–Trinajstić information content (AvgIpc) is 2.42. The van der Waals surface area contributed by atoms with Gasteiger partial charge in [0.15, 0.2) is 0 Å². The van der Waals surface area contributed by atoms with Gasteiger partial charge < -0.3 is 0 Å². The molecule has 0 amide bonds. The standard InChI is InChI=1S/C14H34GeN2S2/c1-5-7-9-15(10-8-6-2,18-13(3)11-16)19-14(4)12-17/h13-14H,5-12,16-17H2,1-4H3. The zero-order chi connectivity index (χ0) is 14.7. The topological polar surface area (TPSA) is 52.0 Å². The maximum absolute atomic E-state index is 5.88. The third-order valence-electron chi connectivity index (χ3n) is 3.32. The molecule has 0 bridgehead atoms. The maximum atomic E-state index is 5.88. The van der Waals surface area contributed by atoms with Crippen molar-refractivity contribution in [3.8, 4) is 0 Å². The van der Waals surface area contributed by atoms with Gasteiger partial charge in [-0.15, -0.1) is 0 Å². The van der Waals surface area contributed by atoms with Crippen LogP contribution in [0.25, 0.3) is 0 Å². The van der Waals surface area contributed by atoms with Crippen molar-refractivity contribution in [3.05, 3.63) is 0 Å². The molecule has 0 radical (unpaired) electrons. The van der Waals surface area contributed by atoms with E-state index in [-0.39, 0.29) is 0 Å². The van der Waals surface area contributed by atoms with Crippen molar-refractivity contribution < 1.29 is 0 Å². The van der Waals surface area contributed by atoms with E-state index in [2.05, 4.69) is 47.9 Å². The summed E-state index contributed by atoms with van der Waals surface area (Å²) < 4.78 is 0. The van der Waals surface area contributed by atoms with Crippen LogP contribution >= 0.6 is 20.2 Å². The third kappa shape index (κ3) is 8.91. The Balaban J connectivity index is 4.82. The molecule has 0 rings (SSSR count). The summed E-state index contributed by atoms with van der Waals surface area (Å²) in [5.74, 6) is 0. The van der Waals surface area contributed by atoms with Crippen LogP contribution in [0.4, 0.5) is 0 Å². The van der Waals surface area contributed by atoms with Crippen LogP contribution < -0.4 is 11.5 Å². The van der Waals surface area contributed by atoms with Crippen LogP contribution in [0.5, 0.6) is 0 Å². The Hall–Kier alpha value is 1.16. The Morgan fingerprint density at radius 1 is 0.842 bits per heavy atom. The second kappa shape index (κ2) is 11.8. The molecule has 0 saturated heterocycles. The molecule has 0 aromatic heterocycles. The first-order valence-corrected chi connectivity index (χ1v) is 17.7. The SMILES string of the molecule is CCC[CH2][Ge]([CH2]CCC)([S]C(C)CN)[S]C(C)CN. The number of hydrogen-bond acceptors (Lipinski definition) is 4. The van der Waals surface area contributed by atoms with Crippen molar-refractivity contribution in [1.29, 1.82) is 0 Å². The molecular weight excluding hydrogens is 333 g/mol. The van der Waals surface area contributed by atoms with Gasteiger partial charge in [0.1, 0.15) is 0 Å². The predicted octanol–water partition coefficient (Wildman–Crippen LogP) is 4.19. The summed E-state index contributed by atoms with van der Waals surface area (Å²) in [6, 6.07) is 0. The summed E-state index contributed by atoms with van der Waals surface area (Å²) in [7, 11) is 2.66. The van der Waals surface area contributed by atoms with Crippen LogP contribution in [0.15, 0.2) is 0 Å². The van der Waals surface area contributed by atoms with Crippen molar-refractivity contribution in [1.82, 2.24) is 0 Å². The Labute approximate surface area is 130 Å². The van der Waals surface area contributed by atoms with Gasteiger partial charge in [0, 0.05) is 0 Å². The number of unbranched alkanes of at least 4 members (excludes halogenated alkanes) is 2. The first kappa shape index (κ1) is 20.2. The van der Waals surface area contributed by atoms with Gasteiger partial charge >= 0.3 is 130 Å². The van der Waals surface area contributed by atoms with Crippen molar-refractivity contribution in [2.45, 2.75) is 74.4 Å².